The van der Waals surface area contributed by atoms with E-state index in [1.54, 1.807) is 29.1 Å². The van der Waals surface area contributed by atoms with Gasteiger partial charge in [0.2, 0.25) is 0 Å². The van der Waals surface area contributed by atoms with Gasteiger partial charge in [-0.15, -0.1) is 0 Å². The van der Waals surface area contributed by atoms with E-state index in [1.165, 1.54) is 12.1 Å². The molecule has 48 heavy (non-hydrogen) atoms. The number of nitrogens with one attached hydrogen (secondary N) is 1. The van der Waals surface area contributed by atoms with E-state index in [2.05, 4.69) is 51.8 Å². The zero-order chi connectivity index (χ0) is 34.6. The molecule has 4 aromatic rings. The number of hydrogen-bond acceptors (Lipinski definition) is 6. The van der Waals surface area contributed by atoms with E-state index in [9.17, 15) is 18.0 Å². The Balaban J connectivity index is 1.29. The maximum atomic E-state index is 14.1. The molecule has 2 aromatic heterocycles. The lowest BCUT2D eigenvalue weighted by molar-refractivity contribution is -0.138. The average Bonchev–Trinajstić information content (AvgIpc) is 3.34. The van der Waals surface area contributed by atoms with E-state index in [-0.39, 0.29) is 17.8 Å². The summed E-state index contributed by atoms with van der Waals surface area (Å²) in [5, 5.41) is 8.13. The maximum Gasteiger partial charge on any atom is 0.416 e. The molecule has 0 saturated carbocycles. The number of rotatable bonds is 9. The second kappa shape index (κ2) is 14.6. The lowest BCUT2D eigenvalue weighted by Crippen LogP contribution is -2.44. The fraction of sp³-hybridized carbons (Fsp3) is 0.417. The third-order valence-electron chi connectivity index (χ3n) is 8.49. The Kier molecular flexibility index (Phi) is 10.7. The minimum Gasteiger partial charge on any atom is -0.359 e. The van der Waals surface area contributed by atoms with Gasteiger partial charge in [0.25, 0.3) is 5.91 Å². The van der Waals surface area contributed by atoms with E-state index in [1.807, 2.05) is 31.9 Å². The highest BCUT2D eigenvalue weighted by molar-refractivity contribution is 6.76. The number of likely N-dealkylation sites (N-methyl/N-ethyl adjacent to an activating group) is 1. The predicted octanol–water partition coefficient (Wildman–Crippen LogP) is 6.78. The molecule has 1 fully saturated rings. The summed E-state index contributed by atoms with van der Waals surface area (Å²) in [6, 6.07) is 12.1. The molecule has 0 radical (unpaired) electrons. The van der Waals surface area contributed by atoms with Crippen LogP contribution < -0.4 is 5.32 Å². The molecular weight excluding hydrogens is 634 g/mol. The highest BCUT2D eigenvalue weighted by Crippen LogP contribution is 2.35. The summed E-state index contributed by atoms with van der Waals surface area (Å²) in [6.45, 7) is 15.0. The molecule has 2 aromatic carbocycles. The number of anilines is 1. The molecule has 254 valence electrons. The maximum absolute atomic E-state index is 14.1. The van der Waals surface area contributed by atoms with Crippen molar-refractivity contribution in [2.75, 3.05) is 45.2 Å². The van der Waals surface area contributed by atoms with Crippen LogP contribution in [0.25, 0.3) is 11.0 Å². The first kappa shape index (κ1) is 35.3. The molecule has 1 aliphatic heterocycles. The van der Waals surface area contributed by atoms with Gasteiger partial charge < -0.3 is 15.0 Å². The summed E-state index contributed by atoms with van der Waals surface area (Å²) in [5.41, 5.74) is 3.56. The van der Waals surface area contributed by atoms with Crippen molar-refractivity contribution in [3.05, 3.63) is 87.7 Å². The van der Waals surface area contributed by atoms with E-state index in [4.69, 9.17) is 4.74 Å². The van der Waals surface area contributed by atoms with Crippen LogP contribution in [0.15, 0.2) is 48.7 Å². The van der Waals surface area contributed by atoms with Gasteiger partial charge in [0.05, 0.1) is 11.3 Å². The summed E-state index contributed by atoms with van der Waals surface area (Å²) in [5.74, 6) is 5.76. The molecule has 5 rings (SSSR count). The molecule has 0 atom stereocenters. The number of carbonyl (C=O) groups excluding carboxylic acids is 1. The highest BCUT2D eigenvalue weighted by atomic mass is 28.3. The van der Waals surface area contributed by atoms with E-state index in [0.29, 0.717) is 43.1 Å². The first-order valence-electron chi connectivity index (χ1n) is 16.1. The Hall–Kier alpha value is -4.02. The summed E-state index contributed by atoms with van der Waals surface area (Å²) < 4.78 is 49.8. The molecule has 0 spiro atoms. The van der Waals surface area contributed by atoms with E-state index in [0.717, 1.165) is 47.5 Å². The largest absolute Gasteiger partial charge is 0.416 e. The number of benzene rings is 2. The number of piperazine rings is 1. The van der Waals surface area contributed by atoms with Crippen LogP contribution in [0.4, 0.5) is 18.9 Å². The number of carbonyl (C=O) groups is 1. The summed E-state index contributed by atoms with van der Waals surface area (Å²) >= 11 is 0. The van der Waals surface area contributed by atoms with Crippen molar-refractivity contribution in [1.29, 1.82) is 0 Å². The van der Waals surface area contributed by atoms with Gasteiger partial charge in [0.15, 0.2) is 5.65 Å². The van der Waals surface area contributed by atoms with Gasteiger partial charge in [-0.05, 0) is 68.4 Å². The number of pyridine rings is 1. The standard InChI is InChI=1S/C36H43F3N6O2Si/c1-25-7-9-29(35(46)41-31-12-11-30(33(21-31)36(37,38)39)23-44-15-13-43(3)14-16-44)20-28(25)10-8-27-19-32-26(2)42-45(34(32)40-22-27)24-47-17-18-48(4,5)6/h7,9,11-12,19-22H,13-18,23-24H2,1-6H3,(H,41,46). The van der Waals surface area contributed by atoms with Crippen molar-refractivity contribution in [1.82, 2.24) is 24.6 Å². The molecular formula is C36H43F3N6O2Si. The van der Waals surface area contributed by atoms with Gasteiger partial charge in [-0.2, -0.15) is 18.3 Å². The Morgan fingerprint density at radius 1 is 1.02 bits per heavy atom. The minimum absolute atomic E-state index is 0.0828. The van der Waals surface area contributed by atoms with Crippen molar-refractivity contribution in [2.24, 2.45) is 0 Å². The van der Waals surface area contributed by atoms with E-state index < -0.39 is 25.7 Å². The number of ether oxygens (including phenoxy) is 1. The van der Waals surface area contributed by atoms with Gasteiger partial charge in [0, 0.05) is 81.4 Å². The predicted molar refractivity (Wildman–Crippen MR) is 186 cm³/mol. The van der Waals surface area contributed by atoms with Gasteiger partial charge in [-0.1, -0.05) is 43.6 Å². The zero-order valence-electron chi connectivity index (χ0n) is 28.5. The average molecular weight is 677 g/mol. The number of amides is 1. The molecule has 8 nitrogen and oxygen atoms in total. The van der Waals surface area contributed by atoms with Crippen LogP contribution >= 0.6 is 0 Å². The van der Waals surface area contributed by atoms with Crippen molar-refractivity contribution in [3.63, 3.8) is 0 Å². The van der Waals surface area contributed by atoms with Crippen molar-refractivity contribution in [2.45, 2.75) is 59.0 Å². The number of aromatic nitrogens is 3. The Morgan fingerprint density at radius 3 is 2.48 bits per heavy atom. The fourth-order valence-corrected chi connectivity index (χ4v) is 6.20. The van der Waals surface area contributed by atoms with Gasteiger partial charge in [0.1, 0.15) is 6.73 Å². The minimum atomic E-state index is -4.55. The van der Waals surface area contributed by atoms with Crippen LogP contribution in [0.3, 0.4) is 0 Å². The highest BCUT2D eigenvalue weighted by Gasteiger charge is 2.34. The lowest BCUT2D eigenvalue weighted by atomic mass is 10.0. The van der Waals surface area contributed by atoms with Crippen LogP contribution in [0.2, 0.25) is 25.7 Å². The van der Waals surface area contributed by atoms with Crippen LogP contribution in [0, 0.1) is 25.7 Å². The number of aryl methyl sites for hydroxylation is 2. The SMILES string of the molecule is Cc1ccc(C(=O)Nc2ccc(CN3CCN(C)CC3)c(C(F)(F)F)c2)cc1C#Cc1cnc2c(c1)c(C)nn2COCC[Si](C)(C)C. The second-order valence-electron chi connectivity index (χ2n) is 13.7. The Morgan fingerprint density at radius 2 is 1.77 bits per heavy atom. The molecule has 0 bridgehead atoms. The zero-order valence-corrected chi connectivity index (χ0v) is 29.5. The third-order valence-corrected chi connectivity index (χ3v) is 10.2. The second-order valence-corrected chi connectivity index (χ2v) is 19.3. The monoisotopic (exact) mass is 676 g/mol. The summed E-state index contributed by atoms with van der Waals surface area (Å²) in [6.07, 6.45) is -2.86. The van der Waals surface area contributed by atoms with Crippen molar-refractivity contribution < 1.29 is 22.7 Å². The lowest BCUT2D eigenvalue weighted by Gasteiger charge is -2.33. The number of fused-ring (bicyclic) bond motifs is 1. The molecule has 1 N–H and O–H groups in total. The molecule has 0 unspecified atom stereocenters. The molecule has 3 heterocycles. The molecule has 1 saturated heterocycles. The quantitative estimate of drug-likeness (QED) is 0.120. The van der Waals surface area contributed by atoms with Crippen molar-refractivity contribution in [3.8, 4) is 11.8 Å². The molecule has 1 aliphatic rings. The Bertz CT molecular complexity index is 1850. The van der Waals surface area contributed by atoms with Crippen LogP contribution in [-0.4, -0.2) is 78.4 Å². The first-order chi connectivity index (χ1) is 22.7. The van der Waals surface area contributed by atoms with Gasteiger partial charge in [-0.3, -0.25) is 9.69 Å². The number of halogens is 3. The number of nitrogens with zero attached hydrogens (tertiary/aromatic N) is 5. The smallest absolute Gasteiger partial charge is 0.359 e. The van der Waals surface area contributed by atoms with Gasteiger partial charge in [-0.25, -0.2) is 9.67 Å². The number of alkyl halides is 3. The fourth-order valence-electron chi connectivity index (χ4n) is 5.44. The molecule has 1 amide bonds. The van der Waals surface area contributed by atoms with E-state index >= 15 is 0 Å². The van der Waals surface area contributed by atoms with Crippen LogP contribution in [0.5, 0.6) is 0 Å². The van der Waals surface area contributed by atoms with Crippen LogP contribution in [0.1, 0.15) is 43.9 Å². The first-order valence-corrected chi connectivity index (χ1v) is 19.8. The molecule has 12 heteroatoms. The Labute approximate surface area is 281 Å². The topological polar surface area (TPSA) is 75.5 Å². The summed E-state index contributed by atoms with van der Waals surface area (Å²) in [4.78, 5) is 22.0. The number of hydrogen-bond donors (Lipinski definition) is 1. The van der Waals surface area contributed by atoms with Crippen molar-refractivity contribution >= 4 is 30.7 Å². The summed E-state index contributed by atoms with van der Waals surface area (Å²) in [7, 11) is 0.816. The molecule has 0 aliphatic carbocycles. The normalized spacial score (nSPS) is 14.6. The van der Waals surface area contributed by atoms with Gasteiger partial charge >= 0.3 is 6.18 Å². The van der Waals surface area contributed by atoms with Crippen LogP contribution in [-0.2, 0) is 24.2 Å². The third kappa shape index (κ3) is 9.11.